The van der Waals surface area contributed by atoms with E-state index >= 15 is 0 Å². The van der Waals surface area contributed by atoms with Gasteiger partial charge in [0.2, 0.25) is 0 Å². The van der Waals surface area contributed by atoms with Crippen LogP contribution in [-0.4, -0.2) is 46.2 Å². The summed E-state index contributed by atoms with van der Waals surface area (Å²) in [4.78, 5) is 11.6. The minimum absolute atomic E-state index is 0.0949. The summed E-state index contributed by atoms with van der Waals surface area (Å²) < 4.78 is 17.4. The summed E-state index contributed by atoms with van der Waals surface area (Å²) in [6.07, 6.45) is 3.26. The van der Waals surface area contributed by atoms with Crippen LogP contribution >= 0.6 is 0 Å². The zero-order valence-electron chi connectivity index (χ0n) is 14.2. The number of hydrogen-bond donors (Lipinski definition) is 1. The second-order valence-corrected chi connectivity index (χ2v) is 8.18. The first kappa shape index (κ1) is 16.2. The molecule has 2 saturated heterocycles. The number of hydrogen-bond acceptors (Lipinski definition) is 5. The van der Waals surface area contributed by atoms with E-state index in [0.717, 1.165) is 25.7 Å². The summed E-state index contributed by atoms with van der Waals surface area (Å²) in [7, 11) is 0. The third-order valence-corrected chi connectivity index (χ3v) is 5.74. The molecule has 3 fully saturated rings. The van der Waals surface area contributed by atoms with E-state index < -0.39 is 11.7 Å². The Bertz CT molecular complexity index is 470. The highest BCUT2D eigenvalue weighted by atomic mass is 16.6. The van der Waals surface area contributed by atoms with Gasteiger partial charge in [0.05, 0.1) is 22.9 Å². The van der Waals surface area contributed by atoms with Gasteiger partial charge in [-0.25, -0.2) is 0 Å². The lowest BCUT2D eigenvalue weighted by Crippen LogP contribution is -2.46. The zero-order valence-corrected chi connectivity index (χ0v) is 14.2. The van der Waals surface area contributed by atoms with E-state index in [-0.39, 0.29) is 29.2 Å². The number of aliphatic hydroxyl groups is 1. The molecule has 0 bridgehead atoms. The molecule has 1 aliphatic carbocycles. The van der Waals surface area contributed by atoms with Gasteiger partial charge >= 0.3 is 5.97 Å². The van der Waals surface area contributed by atoms with Crippen LogP contribution in [-0.2, 0) is 19.0 Å². The van der Waals surface area contributed by atoms with E-state index in [4.69, 9.17) is 14.2 Å². The Kier molecular flexibility index (Phi) is 3.63. The molecule has 0 radical (unpaired) electrons. The Morgan fingerprint density at radius 2 is 1.82 bits per heavy atom. The van der Waals surface area contributed by atoms with Crippen molar-refractivity contribution in [3.63, 3.8) is 0 Å². The number of fused-ring (bicyclic) bond motifs is 2. The average molecular weight is 312 g/mol. The minimum atomic E-state index is -0.938. The number of epoxide rings is 2. The SMILES string of the molecule is CC(=O)O[C@@H]1[C@H](C(C)(C)O)CC[C@@]2(C)O[C@@H]2CC[C@]2(C)O[C@@H]12. The molecule has 3 aliphatic rings. The van der Waals surface area contributed by atoms with Crippen LogP contribution < -0.4 is 0 Å². The molecule has 3 rings (SSSR count). The van der Waals surface area contributed by atoms with E-state index in [2.05, 4.69) is 13.8 Å². The van der Waals surface area contributed by atoms with Crippen LogP contribution in [0.25, 0.3) is 0 Å². The third-order valence-electron chi connectivity index (χ3n) is 5.74. The van der Waals surface area contributed by atoms with Crippen LogP contribution in [0.5, 0.6) is 0 Å². The molecular weight excluding hydrogens is 284 g/mol. The van der Waals surface area contributed by atoms with Crippen LogP contribution in [0.4, 0.5) is 0 Å². The fourth-order valence-corrected chi connectivity index (χ4v) is 4.07. The normalized spacial score (nSPS) is 47.9. The third kappa shape index (κ3) is 2.91. The van der Waals surface area contributed by atoms with Gasteiger partial charge in [-0.1, -0.05) is 0 Å². The smallest absolute Gasteiger partial charge is 0.303 e. The highest BCUT2D eigenvalue weighted by Crippen LogP contribution is 2.53. The summed E-state index contributed by atoms with van der Waals surface area (Å²) in [5.74, 6) is -0.482. The van der Waals surface area contributed by atoms with Crippen LogP contribution in [0, 0.1) is 5.92 Å². The second kappa shape index (κ2) is 4.92. The first-order valence-electron chi connectivity index (χ1n) is 8.30. The summed E-state index contributed by atoms with van der Waals surface area (Å²) in [5.41, 5.74) is -1.30. The summed E-state index contributed by atoms with van der Waals surface area (Å²) in [5, 5.41) is 10.6. The molecule has 22 heavy (non-hydrogen) atoms. The van der Waals surface area contributed by atoms with Crippen LogP contribution in [0.15, 0.2) is 0 Å². The van der Waals surface area contributed by atoms with Crippen LogP contribution in [0.2, 0.25) is 0 Å². The fourth-order valence-electron chi connectivity index (χ4n) is 4.07. The number of ether oxygens (including phenoxy) is 3. The van der Waals surface area contributed by atoms with E-state index in [1.165, 1.54) is 6.92 Å². The van der Waals surface area contributed by atoms with Crippen molar-refractivity contribution in [3.05, 3.63) is 0 Å². The quantitative estimate of drug-likeness (QED) is 0.625. The summed E-state index contributed by atoms with van der Waals surface area (Å²) in [6.45, 7) is 9.19. The molecule has 1 saturated carbocycles. The predicted octanol–water partition coefficient (Wildman–Crippen LogP) is 2.19. The fraction of sp³-hybridized carbons (Fsp3) is 0.941. The Hall–Kier alpha value is -0.650. The number of carbonyl (C=O) groups is 1. The van der Waals surface area contributed by atoms with Gasteiger partial charge in [0.15, 0.2) is 0 Å². The van der Waals surface area contributed by atoms with Crippen molar-refractivity contribution in [1.29, 1.82) is 0 Å². The molecule has 6 atom stereocenters. The average Bonchev–Trinajstić information content (AvgIpc) is 3.20. The summed E-state index contributed by atoms with van der Waals surface area (Å²) in [6, 6.07) is 0. The number of rotatable bonds is 2. The van der Waals surface area contributed by atoms with Crippen molar-refractivity contribution in [3.8, 4) is 0 Å². The van der Waals surface area contributed by atoms with Crippen molar-refractivity contribution in [2.45, 2.75) is 95.4 Å². The molecule has 0 aromatic rings. The highest BCUT2D eigenvalue weighted by molar-refractivity contribution is 5.66. The van der Waals surface area contributed by atoms with Gasteiger partial charge in [-0.15, -0.1) is 0 Å². The van der Waals surface area contributed by atoms with Gasteiger partial charge in [-0.05, 0) is 53.4 Å². The molecule has 0 spiro atoms. The molecule has 0 aromatic carbocycles. The lowest BCUT2D eigenvalue weighted by atomic mass is 9.76. The highest BCUT2D eigenvalue weighted by Gasteiger charge is 2.63. The van der Waals surface area contributed by atoms with Crippen LogP contribution in [0.1, 0.15) is 60.3 Å². The lowest BCUT2D eigenvalue weighted by Gasteiger charge is -2.36. The molecule has 5 nitrogen and oxygen atoms in total. The Balaban J connectivity index is 1.87. The van der Waals surface area contributed by atoms with Crippen molar-refractivity contribution in [2.24, 2.45) is 5.92 Å². The second-order valence-electron chi connectivity index (χ2n) is 8.18. The number of esters is 1. The zero-order chi connectivity index (χ0) is 16.3. The Morgan fingerprint density at radius 1 is 1.18 bits per heavy atom. The monoisotopic (exact) mass is 312 g/mol. The van der Waals surface area contributed by atoms with E-state index in [0.29, 0.717) is 6.10 Å². The summed E-state index contributed by atoms with van der Waals surface area (Å²) >= 11 is 0. The van der Waals surface area contributed by atoms with Gasteiger partial charge in [0, 0.05) is 12.8 Å². The standard InChI is InChI=1S/C17H28O5/c1-10(18)20-13-11(15(2,3)19)6-8-16(4)12(21-16)7-9-17(5)14(13)22-17/h11-14,19H,6-9H2,1-5H3/t11-,12-,13-,14+,16-,17+/m1/s1. The van der Waals surface area contributed by atoms with Gasteiger partial charge in [0.1, 0.15) is 12.2 Å². The van der Waals surface area contributed by atoms with Crippen molar-refractivity contribution in [2.75, 3.05) is 0 Å². The molecule has 5 heteroatoms. The first-order chi connectivity index (χ1) is 10.1. The largest absolute Gasteiger partial charge is 0.459 e. The molecule has 126 valence electrons. The Morgan fingerprint density at radius 3 is 2.41 bits per heavy atom. The number of carbonyl (C=O) groups excluding carboxylic acids is 1. The lowest BCUT2D eigenvalue weighted by molar-refractivity contribution is -0.157. The molecule has 0 unspecified atom stereocenters. The predicted molar refractivity (Wildman–Crippen MR) is 80.4 cm³/mol. The van der Waals surface area contributed by atoms with Crippen LogP contribution in [0.3, 0.4) is 0 Å². The van der Waals surface area contributed by atoms with Gasteiger partial charge < -0.3 is 19.3 Å². The maximum absolute atomic E-state index is 11.6. The van der Waals surface area contributed by atoms with Gasteiger partial charge in [-0.2, -0.15) is 0 Å². The van der Waals surface area contributed by atoms with E-state index in [1.807, 2.05) is 0 Å². The van der Waals surface area contributed by atoms with Gasteiger partial charge in [0.25, 0.3) is 0 Å². The first-order valence-corrected chi connectivity index (χ1v) is 8.30. The maximum atomic E-state index is 11.6. The van der Waals surface area contributed by atoms with Gasteiger partial charge in [-0.3, -0.25) is 4.79 Å². The van der Waals surface area contributed by atoms with Crippen molar-refractivity contribution >= 4 is 5.97 Å². The van der Waals surface area contributed by atoms with E-state index in [1.54, 1.807) is 13.8 Å². The molecule has 2 heterocycles. The molecule has 0 aromatic heterocycles. The molecule has 1 N–H and O–H groups in total. The molecule has 0 amide bonds. The Labute approximate surface area is 132 Å². The van der Waals surface area contributed by atoms with Crippen molar-refractivity contribution in [1.82, 2.24) is 0 Å². The van der Waals surface area contributed by atoms with E-state index in [9.17, 15) is 9.90 Å². The topological polar surface area (TPSA) is 71.6 Å². The maximum Gasteiger partial charge on any atom is 0.303 e. The van der Waals surface area contributed by atoms with Crippen molar-refractivity contribution < 1.29 is 24.1 Å². The molecule has 2 aliphatic heterocycles. The minimum Gasteiger partial charge on any atom is -0.459 e. The molecular formula is C17H28O5.